The van der Waals surface area contributed by atoms with Gasteiger partial charge in [-0.05, 0) is 0 Å². The van der Waals surface area contributed by atoms with Gasteiger partial charge in [0.25, 0.3) is 5.56 Å². The third-order valence-corrected chi connectivity index (χ3v) is 1.57. The van der Waals surface area contributed by atoms with Gasteiger partial charge in [-0.25, -0.2) is 4.98 Å². The molecule has 0 aliphatic rings. The molecule has 94 valence electrons. The number of hydrogen-bond acceptors (Lipinski definition) is 3. The first-order chi connectivity index (χ1) is 7.57. The SMILES string of the molecule is N#Cc1c(C(F)(F)F)nc(C(F)(F)F)[nH]c1=O.[KH]. The summed E-state index contributed by atoms with van der Waals surface area (Å²) in [5.41, 5.74) is -5.45. The van der Waals surface area contributed by atoms with Crippen LogP contribution in [0.4, 0.5) is 26.3 Å². The van der Waals surface area contributed by atoms with E-state index < -0.39 is 35.0 Å². The number of alkyl halides is 6. The first-order valence-corrected chi connectivity index (χ1v) is 3.76. The van der Waals surface area contributed by atoms with E-state index in [0.29, 0.717) is 0 Å². The second kappa shape index (κ2) is 5.70. The maximum atomic E-state index is 12.2. The van der Waals surface area contributed by atoms with Gasteiger partial charge in [0, 0.05) is 0 Å². The standard InChI is InChI=1S/C7HF6N3O.K.H/c8-6(9,10)3-2(1-14)4(17)16-5(15-3)7(11,12)13;;/h(H,15,16,17);;. The third kappa shape index (κ3) is 3.79. The Labute approximate surface area is 137 Å². The number of nitriles is 1. The van der Waals surface area contributed by atoms with Crippen molar-refractivity contribution in [3.63, 3.8) is 0 Å². The van der Waals surface area contributed by atoms with Crippen LogP contribution in [0.2, 0.25) is 0 Å². The molecule has 0 aromatic carbocycles. The van der Waals surface area contributed by atoms with E-state index in [0.717, 1.165) is 11.1 Å². The first kappa shape index (κ1) is 17.6. The zero-order valence-electron chi connectivity index (χ0n) is 7.57. The predicted molar refractivity (Wildman–Crippen MR) is 46.7 cm³/mol. The Morgan fingerprint density at radius 1 is 1.11 bits per heavy atom. The summed E-state index contributed by atoms with van der Waals surface area (Å²) in [7, 11) is 0. The van der Waals surface area contributed by atoms with Gasteiger partial charge in [-0.15, -0.1) is 0 Å². The summed E-state index contributed by atoms with van der Waals surface area (Å²) in [5, 5.41) is 8.27. The molecule has 0 radical (unpaired) electrons. The van der Waals surface area contributed by atoms with Crippen molar-refractivity contribution >= 4 is 51.4 Å². The predicted octanol–water partition coefficient (Wildman–Crippen LogP) is 1.03. The first-order valence-electron chi connectivity index (χ1n) is 3.76. The Morgan fingerprint density at radius 3 is 1.94 bits per heavy atom. The molecule has 1 rings (SSSR count). The average molecular weight is 297 g/mol. The number of rotatable bonds is 0. The van der Waals surface area contributed by atoms with Crippen LogP contribution in [0.15, 0.2) is 4.79 Å². The summed E-state index contributed by atoms with van der Waals surface area (Å²) < 4.78 is 73.0. The van der Waals surface area contributed by atoms with Gasteiger partial charge < -0.3 is 4.98 Å². The number of nitrogens with zero attached hydrogens (tertiary/aromatic N) is 2. The number of H-pyrrole nitrogens is 1. The molecule has 4 nitrogen and oxygen atoms in total. The van der Waals surface area contributed by atoms with E-state index in [1.165, 1.54) is 0 Å². The van der Waals surface area contributed by atoms with Crippen LogP contribution >= 0.6 is 0 Å². The molecule has 1 aromatic heterocycles. The van der Waals surface area contributed by atoms with Crippen molar-refractivity contribution in [1.29, 1.82) is 5.26 Å². The topological polar surface area (TPSA) is 69.5 Å². The van der Waals surface area contributed by atoms with Gasteiger partial charge in [-0.2, -0.15) is 31.6 Å². The van der Waals surface area contributed by atoms with Gasteiger partial charge in [-0.1, -0.05) is 0 Å². The minimum atomic E-state index is -5.32. The number of aromatic nitrogens is 2. The summed E-state index contributed by atoms with van der Waals surface area (Å²) in [6.45, 7) is 0. The molecule has 0 saturated heterocycles. The molecule has 1 heterocycles. The molecule has 0 aliphatic carbocycles. The van der Waals surface area contributed by atoms with Crippen molar-refractivity contribution in [3.8, 4) is 6.07 Å². The van der Waals surface area contributed by atoms with E-state index in [4.69, 9.17) is 5.26 Å². The van der Waals surface area contributed by atoms with Crippen molar-refractivity contribution in [3.05, 3.63) is 27.4 Å². The van der Waals surface area contributed by atoms with Crippen molar-refractivity contribution in [1.82, 2.24) is 9.97 Å². The van der Waals surface area contributed by atoms with Gasteiger partial charge in [0.15, 0.2) is 5.69 Å². The average Bonchev–Trinajstić information content (AvgIpc) is 2.13. The van der Waals surface area contributed by atoms with E-state index >= 15 is 0 Å². The monoisotopic (exact) mass is 297 g/mol. The second-order valence-electron chi connectivity index (χ2n) is 2.75. The van der Waals surface area contributed by atoms with Crippen LogP contribution < -0.4 is 5.56 Å². The quantitative estimate of drug-likeness (QED) is 0.574. The molecule has 0 atom stereocenters. The Bertz CT molecular complexity index is 540. The molecule has 0 amide bonds. The Kier molecular flexibility index (Phi) is 5.57. The zero-order valence-corrected chi connectivity index (χ0v) is 7.57. The van der Waals surface area contributed by atoms with E-state index in [1.807, 2.05) is 0 Å². The van der Waals surface area contributed by atoms with Crippen molar-refractivity contribution in [2.24, 2.45) is 0 Å². The third-order valence-electron chi connectivity index (χ3n) is 1.57. The van der Waals surface area contributed by atoms with Gasteiger partial charge in [0.1, 0.15) is 11.6 Å². The van der Waals surface area contributed by atoms with Crippen molar-refractivity contribution < 1.29 is 26.3 Å². The van der Waals surface area contributed by atoms with E-state index in [1.54, 1.807) is 0 Å². The molecular weight excluding hydrogens is 295 g/mol. The van der Waals surface area contributed by atoms with Gasteiger partial charge >= 0.3 is 63.7 Å². The fourth-order valence-electron chi connectivity index (χ4n) is 0.916. The molecule has 0 spiro atoms. The molecule has 18 heavy (non-hydrogen) atoms. The number of nitrogens with one attached hydrogen (secondary N) is 1. The molecule has 11 heteroatoms. The van der Waals surface area contributed by atoms with E-state index in [9.17, 15) is 31.1 Å². The Morgan fingerprint density at radius 2 is 1.61 bits per heavy atom. The Balaban J connectivity index is 0.00000289. The van der Waals surface area contributed by atoms with Crippen molar-refractivity contribution in [2.45, 2.75) is 12.4 Å². The summed E-state index contributed by atoms with van der Waals surface area (Å²) >= 11 is 0. The number of aromatic amines is 1. The normalized spacial score (nSPS) is 11.6. The summed E-state index contributed by atoms with van der Waals surface area (Å²) in [4.78, 5) is 14.2. The number of halogens is 6. The van der Waals surface area contributed by atoms with Crippen LogP contribution in [0, 0.1) is 11.3 Å². The maximum absolute atomic E-state index is 12.2. The Hall–Kier alpha value is -0.414. The van der Waals surface area contributed by atoms with Crippen LogP contribution in [0.25, 0.3) is 0 Å². The zero-order chi connectivity index (χ0) is 13.4. The van der Waals surface area contributed by atoms with E-state index in [-0.39, 0.29) is 51.4 Å². The molecule has 0 unspecified atom stereocenters. The molecule has 0 aliphatic heterocycles. The molecule has 1 N–H and O–H groups in total. The van der Waals surface area contributed by atoms with Crippen LogP contribution in [0.1, 0.15) is 17.1 Å². The van der Waals surface area contributed by atoms with E-state index in [2.05, 4.69) is 4.98 Å². The molecule has 0 bridgehead atoms. The van der Waals surface area contributed by atoms with Gasteiger partial charge in [0.2, 0.25) is 5.82 Å². The fourth-order valence-corrected chi connectivity index (χ4v) is 0.916. The summed E-state index contributed by atoms with van der Waals surface area (Å²) in [6.07, 6.45) is -10.6. The fraction of sp³-hybridized carbons (Fsp3) is 0.286. The molecule has 0 saturated carbocycles. The van der Waals surface area contributed by atoms with Crippen molar-refractivity contribution in [2.75, 3.05) is 0 Å². The summed E-state index contributed by atoms with van der Waals surface area (Å²) in [6, 6.07) is 0.855. The summed E-state index contributed by atoms with van der Waals surface area (Å²) in [5.74, 6) is -2.10. The second-order valence-corrected chi connectivity index (χ2v) is 2.75. The van der Waals surface area contributed by atoms with Crippen LogP contribution in [-0.2, 0) is 12.4 Å². The van der Waals surface area contributed by atoms with Gasteiger partial charge in [0.05, 0.1) is 0 Å². The van der Waals surface area contributed by atoms with Crippen LogP contribution in [0.3, 0.4) is 0 Å². The minimum absolute atomic E-state index is 0. The van der Waals surface area contributed by atoms with Crippen LogP contribution in [-0.4, -0.2) is 61.4 Å². The number of hydrogen-bond donors (Lipinski definition) is 1. The van der Waals surface area contributed by atoms with Gasteiger partial charge in [-0.3, -0.25) is 4.79 Å². The molecular formula is C7H2F6KN3O. The van der Waals surface area contributed by atoms with Crippen LogP contribution in [0.5, 0.6) is 0 Å². The molecule has 0 fully saturated rings. The molecule has 1 aromatic rings.